The summed E-state index contributed by atoms with van der Waals surface area (Å²) >= 11 is 1.50. The van der Waals surface area contributed by atoms with Crippen LogP contribution in [0.4, 0.5) is 4.39 Å². The molecule has 0 bridgehead atoms. The van der Waals surface area contributed by atoms with E-state index in [-0.39, 0.29) is 17.1 Å². The average molecular weight is 428 g/mol. The molecule has 1 aliphatic heterocycles. The fraction of sp³-hybridized carbons (Fsp3) is 0.364. The molecule has 3 heterocycles. The van der Waals surface area contributed by atoms with Crippen LogP contribution in [0.2, 0.25) is 0 Å². The van der Waals surface area contributed by atoms with E-state index in [2.05, 4.69) is 39.0 Å². The van der Waals surface area contributed by atoms with Gasteiger partial charge in [0.25, 0.3) is 5.91 Å². The lowest BCUT2D eigenvalue weighted by atomic mass is 10.2. The highest BCUT2D eigenvalue weighted by molar-refractivity contribution is 8.08. The first-order valence-electron chi connectivity index (χ1n) is 10.1. The quantitative estimate of drug-likeness (QED) is 0.602. The molecule has 2 aromatic rings. The van der Waals surface area contributed by atoms with Crippen LogP contribution in [-0.4, -0.2) is 46.6 Å². The molecule has 0 saturated carbocycles. The largest absolute Gasteiger partial charge is 0.374 e. The minimum Gasteiger partial charge on any atom is -0.374 e. The number of hydrogen-bond acceptors (Lipinski definition) is 6. The minimum atomic E-state index is -0.372. The van der Waals surface area contributed by atoms with E-state index in [1.807, 2.05) is 12.3 Å². The first-order chi connectivity index (χ1) is 14.6. The zero-order chi connectivity index (χ0) is 21.3. The minimum absolute atomic E-state index is 0.148. The molecular formula is C22H26FN5OS. The van der Waals surface area contributed by atoms with Crippen molar-refractivity contribution in [1.29, 1.82) is 0 Å². The molecule has 1 N–H and O–H groups in total. The number of pyridine rings is 2. The summed E-state index contributed by atoms with van der Waals surface area (Å²) in [6.45, 7) is 6.84. The van der Waals surface area contributed by atoms with Gasteiger partial charge in [0, 0.05) is 30.7 Å². The molecule has 158 valence electrons. The van der Waals surface area contributed by atoms with Crippen LogP contribution in [0.25, 0.3) is 4.91 Å². The van der Waals surface area contributed by atoms with Crippen LogP contribution >= 0.6 is 11.8 Å². The molecule has 2 aromatic heterocycles. The highest BCUT2D eigenvalue weighted by Gasteiger charge is 2.22. The Morgan fingerprint density at radius 3 is 3.00 bits per heavy atom. The Labute approximate surface area is 180 Å². The Hall–Kier alpha value is -2.58. The van der Waals surface area contributed by atoms with Crippen molar-refractivity contribution in [1.82, 2.24) is 20.2 Å². The third-order valence-electron chi connectivity index (χ3n) is 4.68. The number of amides is 1. The van der Waals surface area contributed by atoms with Gasteiger partial charge in [-0.25, -0.2) is 14.4 Å². The predicted octanol–water partition coefficient (Wildman–Crippen LogP) is 4.28. The fourth-order valence-corrected chi connectivity index (χ4v) is 4.00. The molecule has 0 spiro atoms. The third-order valence-corrected chi connectivity index (χ3v) is 5.91. The number of halogens is 1. The molecule has 1 atom stereocenters. The summed E-state index contributed by atoms with van der Waals surface area (Å²) in [5.74, 6) is -0.728. The van der Waals surface area contributed by atoms with Crippen LogP contribution in [0.1, 0.15) is 53.8 Å². The molecule has 1 amide bonds. The second-order valence-corrected chi connectivity index (χ2v) is 8.03. The van der Waals surface area contributed by atoms with Crippen molar-refractivity contribution in [3.8, 4) is 0 Å². The summed E-state index contributed by atoms with van der Waals surface area (Å²) in [6.07, 6.45) is 8.57. The van der Waals surface area contributed by atoms with E-state index >= 15 is 0 Å². The van der Waals surface area contributed by atoms with Crippen LogP contribution in [0.15, 0.2) is 47.9 Å². The van der Waals surface area contributed by atoms with Crippen LogP contribution in [-0.2, 0) is 0 Å². The Morgan fingerprint density at radius 1 is 1.37 bits per heavy atom. The zero-order valence-electron chi connectivity index (χ0n) is 17.2. The molecule has 1 aliphatic rings. The summed E-state index contributed by atoms with van der Waals surface area (Å²) in [5, 5.41) is 3.05. The van der Waals surface area contributed by atoms with Crippen LogP contribution in [0, 0.1) is 5.82 Å². The molecule has 3 rings (SSSR count). The monoisotopic (exact) mass is 427 g/mol. The number of aromatic nitrogens is 2. The lowest BCUT2D eigenvalue weighted by molar-refractivity contribution is 0.0998. The fourth-order valence-electron chi connectivity index (χ4n) is 2.97. The molecule has 6 nitrogen and oxygen atoms in total. The molecule has 0 saturated heterocycles. The Balaban J connectivity index is 1.62. The molecule has 30 heavy (non-hydrogen) atoms. The van der Waals surface area contributed by atoms with Gasteiger partial charge < -0.3 is 5.32 Å². The average Bonchev–Trinajstić information content (AvgIpc) is 3.26. The number of rotatable bonds is 9. The highest BCUT2D eigenvalue weighted by Crippen LogP contribution is 2.41. The molecule has 0 aliphatic carbocycles. The standard InChI is InChI=1S/C22H26FN5OS/c1-3-5-10-28(4-2)11-9-25-21(29)19-8-6-7-18(27-19)20-15-26-22(30-20)16-12-17(23)14-24-13-16/h6-9,12-15,22,26H,3-5,10-11H2,1-2H3/b25-9+. The maximum atomic E-state index is 13.4. The number of nitrogens with zero attached hydrogens (tertiary/aromatic N) is 4. The summed E-state index contributed by atoms with van der Waals surface area (Å²) in [4.78, 5) is 28.0. The normalized spacial score (nSPS) is 16.1. The van der Waals surface area contributed by atoms with Crippen molar-refractivity contribution in [3.05, 3.63) is 65.6 Å². The molecule has 1 unspecified atom stereocenters. The number of carbonyl (C=O) groups excluding carboxylic acids is 1. The topological polar surface area (TPSA) is 70.5 Å². The number of aliphatic imine (C=N–C) groups is 1. The first kappa shape index (κ1) is 22.1. The van der Waals surface area contributed by atoms with Crippen molar-refractivity contribution < 1.29 is 9.18 Å². The summed E-state index contributed by atoms with van der Waals surface area (Å²) < 4.78 is 13.4. The van der Waals surface area contributed by atoms with Gasteiger partial charge in [0.2, 0.25) is 0 Å². The van der Waals surface area contributed by atoms with E-state index in [0.29, 0.717) is 17.9 Å². The number of unbranched alkanes of at least 4 members (excludes halogenated alkanes) is 1. The van der Waals surface area contributed by atoms with Gasteiger partial charge in [-0.1, -0.05) is 38.1 Å². The number of nitrogens with one attached hydrogen (secondary N) is 1. The summed E-state index contributed by atoms with van der Waals surface area (Å²) in [5.41, 5.74) is 1.72. The van der Waals surface area contributed by atoms with Gasteiger partial charge in [0.15, 0.2) is 0 Å². The Kier molecular flexibility index (Phi) is 8.10. The van der Waals surface area contributed by atoms with Crippen molar-refractivity contribution in [2.24, 2.45) is 4.99 Å². The number of hydrogen-bond donors (Lipinski definition) is 1. The molecular weight excluding hydrogens is 401 g/mol. The van der Waals surface area contributed by atoms with Gasteiger partial charge in [-0.05, 0) is 37.7 Å². The second-order valence-electron chi connectivity index (χ2n) is 6.88. The zero-order valence-corrected chi connectivity index (χ0v) is 18.0. The van der Waals surface area contributed by atoms with Gasteiger partial charge in [0.05, 0.1) is 16.8 Å². The lowest BCUT2D eigenvalue weighted by Gasteiger charge is -2.16. The summed E-state index contributed by atoms with van der Waals surface area (Å²) in [7, 11) is 0. The van der Waals surface area contributed by atoms with Crippen LogP contribution in [0.3, 0.4) is 0 Å². The smallest absolute Gasteiger partial charge is 0.295 e. The van der Waals surface area contributed by atoms with Gasteiger partial charge in [-0.3, -0.25) is 14.7 Å². The lowest BCUT2D eigenvalue weighted by Crippen LogP contribution is -2.26. The van der Waals surface area contributed by atoms with Crippen LogP contribution in [0.5, 0.6) is 0 Å². The maximum absolute atomic E-state index is 13.4. The van der Waals surface area contributed by atoms with E-state index in [1.165, 1.54) is 24.0 Å². The second kappa shape index (κ2) is 11.0. The van der Waals surface area contributed by atoms with E-state index in [1.54, 1.807) is 24.5 Å². The van der Waals surface area contributed by atoms with Crippen molar-refractivity contribution in [2.75, 3.05) is 19.6 Å². The summed E-state index contributed by atoms with van der Waals surface area (Å²) in [6, 6.07) is 6.76. The van der Waals surface area contributed by atoms with Gasteiger partial charge >= 0.3 is 0 Å². The predicted molar refractivity (Wildman–Crippen MR) is 120 cm³/mol. The highest BCUT2D eigenvalue weighted by atomic mass is 32.2. The Morgan fingerprint density at radius 2 is 2.23 bits per heavy atom. The van der Waals surface area contributed by atoms with Gasteiger partial charge in [-0.2, -0.15) is 0 Å². The van der Waals surface area contributed by atoms with Gasteiger partial charge in [-0.15, -0.1) is 0 Å². The molecule has 0 fully saturated rings. The maximum Gasteiger partial charge on any atom is 0.295 e. The Bertz CT molecular complexity index is 933. The van der Waals surface area contributed by atoms with E-state index in [4.69, 9.17) is 0 Å². The van der Waals surface area contributed by atoms with Crippen LogP contribution < -0.4 is 5.32 Å². The third kappa shape index (κ3) is 5.96. The molecule has 0 radical (unpaired) electrons. The molecule has 8 heteroatoms. The van der Waals surface area contributed by atoms with Gasteiger partial charge in [0.1, 0.15) is 16.9 Å². The van der Waals surface area contributed by atoms with E-state index in [9.17, 15) is 9.18 Å². The van der Waals surface area contributed by atoms with Crippen molar-refractivity contribution in [2.45, 2.75) is 32.1 Å². The van der Waals surface area contributed by atoms with E-state index in [0.717, 1.165) is 36.4 Å². The van der Waals surface area contributed by atoms with Crippen molar-refractivity contribution >= 4 is 28.8 Å². The molecule has 0 aromatic carbocycles. The van der Waals surface area contributed by atoms with E-state index < -0.39 is 0 Å². The SMILES string of the molecule is CCCCN(CC)C/C=N/C(=O)c1cccc(C2=CNC(c3cncc(F)c3)S2)n1. The number of carbonyl (C=O) groups is 1. The van der Waals surface area contributed by atoms with Crippen molar-refractivity contribution in [3.63, 3.8) is 0 Å². The number of thioether (sulfide) groups is 1. The first-order valence-corrected chi connectivity index (χ1v) is 11.0.